The molecule has 14 heavy (non-hydrogen) atoms. The maximum absolute atomic E-state index is 10.8. The Morgan fingerprint density at radius 3 is 2.50 bits per heavy atom. The second kappa shape index (κ2) is 3.87. The second-order valence-electron chi connectivity index (χ2n) is 4.46. The Morgan fingerprint density at radius 2 is 2.21 bits per heavy atom. The summed E-state index contributed by atoms with van der Waals surface area (Å²) in [6.07, 6.45) is 4.43. The molecule has 0 spiro atoms. The van der Waals surface area contributed by atoms with Crippen LogP contribution in [0.4, 0.5) is 0 Å². The summed E-state index contributed by atoms with van der Waals surface area (Å²) in [5, 5.41) is 8.84. The minimum Gasteiger partial charge on any atom is -0.480 e. The molecule has 3 N–H and O–H groups in total. The van der Waals surface area contributed by atoms with Crippen molar-refractivity contribution in [2.75, 3.05) is 7.11 Å². The first-order valence-electron chi connectivity index (χ1n) is 4.99. The first kappa shape index (κ1) is 11.5. The quantitative estimate of drug-likeness (QED) is 0.699. The molecule has 0 aromatic carbocycles. The summed E-state index contributed by atoms with van der Waals surface area (Å²) in [6.45, 7) is 1.55. The zero-order valence-electron chi connectivity index (χ0n) is 8.88. The van der Waals surface area contributed by atoms with Gasteiger partial charge in [-0.3, -0.25) is 4.79 Å². The number of hydrogen-bond acceptors (Lipinski definition) is 3. The van der Waals surface area contributed by atoms with Crippen molar-refractivity contribution in [1.29, 1.82) is 0 Å². The van der Waals surface area contributed by atoms with Gasteiger partial charge in [0.15, 0.2) is 0 Å². The lowest BCUT2D eigenvalue weighted by atomic mass is 9.74. The average Bonchev–Trinajstić information content (AvgIpc) is 2.02. The molecule has 0 saturated heterocycles. The summed E-state index contributed by atoms with van der Waals surface area (Å²) in [4.78, 5) is 10.8. The summed E-state index contributed by atoms with van der Waals surface area (Å²) < 4.78 is 5.40. The molecule has 82 valence electrons. The minimum atomic E-state index is -1.12. The van der Waals surface area contributed by atoms with Gasteiger partial charge in [0.05, 0.1) is 5.60 Å². The van der Waals surface area contributed by atoms with Crippen LogP contribution >= 0.6 is 0 Å². The van der Waals surface area contributed by atoms with Gasteiger partial charge in [-0.05, 0) is 39.0 Å². The molecule has 0 radical (unpaired) electrons. The Morgan fingerprint density at radius 1 is 1.64 bits per heavy atom. The lowest BCUT2D eigenvalue weighted by Crippen LogP contribution is -2.48. The third-order valence-electron chi connectivity index (χ3n) is 3.29. The molecule has 0 bridgehead atoms. The molecule has 1 fully saturated rings. The number of ether oxygens (including phenoxy) is 1. The Labute approximate surface area is 84.4 Å². The molecule has 0 aromatic heterocycles. The molecule has 0 aliphatic heterocycles. The number of rotatable bonds is 5. The van der Waals surface area contributed by atoms with Gasteiger partial charge in [0.25, 0.3) is 0 Å². The first-order chi connectivity index (χ1) is 6.42. The van der Waals surface area contributed by atoms with Crippen LogP contribution in [0.2, 0.25) is 0 Å². The van der Waals surface area contributed by atoms with Gasteiger partial charge in [0.2, 0.25) is 0 Å². The molecule has 1 aliphatic carbocycles. The normalized spacial score (nSPS) is 23.6. The van der Waals surface area contributed by atoms with E-state index in [1.54, 1.807) is 14.0 Å². The number of aliphatic carboxylic acids is 1. The van der Waals surface area contributed by atoms with Crippen LogP contribution in [0.15, 0.2) is 0 Å². The topological polar surface area (TPSA) is 72.5 Å². The molecule has 1 aliphatic rings. The summed E-state index contributed by atoms with van der Waals surface area (Å²) in [5.74, 6) is -0.942. The molecule has 0 unspecified atom stereocenters. The largest absolute Gasteiger partial charge is 0.480 e. The van der Waals surface area contributed by atoms with Gasteiger partial charge in [-0.1, -0.05) is 0 Å². The standard InChI is InChI=1S/C10H19NO3/c1-9(11,8(12)13)6-7-10(14-2)4-3-5-10/h3-7,11H2,1-2H3,(H,12,13)/t9-/m1/s1. The zero-order chi connectivity index (χ0) is 10.8. The summed E-state index contributed by atoms with van der Waals surface area (Å²) in [7, 11) is 1.69. The van der Waals surface area contributed by atoms with E-state index in [1.807, 2.05) is 0 Å². The van der Waals surface area contributed by atoms with Gasteiger partial charge in [-0.15, -0.1) is 0 Å². The van der Waals surface area contributed by atoms with Gasteiger partial charge >= 0.3 is 5.97 Å². The van der Waals surface area contributed by atoms with E-state index in [4.69, 9.17) is 15.6 Å². The summed E-state index contributed by atoms with van der Waals surface area (Å²) in [5.41, 5.74) is 4.43. The third kappa shape index (κ3) is 2.25. The van der Waals surface area contributed by atoms with Crippen LogP contribution in [-0.4, -0.2) is 29.3 Å². The van der Waals surface area contributed by atoms with Crippen LogP contribution < -0.4 is 5.73 Å². The Kier molecular flexibility index (Phi) is 3.17. The molecule has 0 aromatic rings. The van der Waals surface area contributed by atoms with Crippen molar-refractivity contribution < 1.29 is 14.6 Å². The fraction of sp³-hybridized carbons (Fsp3) is 0.900. The molecule has 4 heteroatoms. The number of carboxylic acid groups (broad SMARTS) is 1. The van der Waals surface area contributed by atoms with E-state index in [1.165, 1.54) is 6.42 Å². The maximum atomic E-state index is 10.8. The molecule has 4 nitrogen and oxygen atoms in total. The predicted molar refractivity (Wildman–Crippen MR) is 53.1 cm³/mol. The first-order valence-corrected chi connectivity index (χ1v) is 4.99. The Balaban J connectivity index is 2.43. The summed E-state index contributed by atoms with van der Waals surface area (Å²) >= 11 is 0. The molecule has 0 amide bonds. The van der Waals surface area contributed by atoms with Crippen molar-refractivity contribution in [3.63, 3.8) is 0 Å². The summed E-state index contributed by atoms with van der Waals surface area (Å²) in [6, 6.07) is 0. The van der Waals surface area contributed by atoms with E-state index in [0.717, 1.165) is 19.3 Å². The van der Waals surface area contributed by atoms with Crippen LogP contribution in [-0.2, 0) is 9.53 Å². The van der Waals surface area contributed by atoms with Crippen LogP contribution in [0, 0.1) is 0 Å². The third-order valence-corrected chi connectivity index (χ3v) is 3.29. The van der Waals surface area contributed by atoms with Crippen molar-refractivity contribution >= 4 is 5.97 Å². The highest BCUT2D eigenvalue weighted by Gasteiger charge is 2.39. The fourth-order valence-electron chi connectivity index (χ4n) is 1.72. The smallest absolute Gasteiger partial charge is 0.323 e. The van der Waals surface area contributed by atoms with E-state index in [0.29, 0.717) is 6.42 Å². The highest BCUT2D eigenvalue weighted by Crippen LogP contribution is 2.39. The second-order valence-corrected chi connectivity index (χ2v) is 4.46. The Hall–Kier alpha value is -0.610. The average molecular weight is 201 g/mol. The van der Waals surface area contributed by atoms with E-state index >= 15 is 0 Å². The van der Waals surface area contributed by atoms with Gasteiger partial charge in [-0.25, -0.2) is 0 Å². The lowest BCUT2D eigenvalue weighted by molar-refractivity contribution is -0.144. The number of nitrogens with two attached hydrogens (primary N) is 1. The highest BCUT2D eigenvalue weighted by molar-refractivity contribution is 5.77. The molecule has 1 atom stereocenters. The lowest BCUT2D eigenvalue weighted by Gasteiger charge is -2.41. The van der Waals surface area contributed by atoms with Crippen LogP contribution in [0.5, 0.6) is 0 Å². The van der Waals surface area contributed by atoms with Crippen LogP contribution in [0.25, 0.3) is 0 Å². The van der Waals surface area contributed by atoms with E-state index in [9.17, 15) is 4.79 Å². The number of methoxy groups -OCH3 is 1. The highest BCUT2D eigenvalue weighted by atomic mass is 16.5. The van der Waals surface area contributed by atoms with Crippen molar-refractivity contribution in [2.45, 2.75) is 50.2 Å². The van der Waals surface area contributed by atoms with E-state index < -0.39 is 11.5 Å². The number of carbonyl (C=O) groups is 1. The molecule has 1 rings (SSSR count). The molecule has 1 saturated carbocycles. The number of carboxylic acids is 1. The zero-order valence-corrected chi connectivity index (χ0v) is 8.88. The van der Waals surface area contributed by atoms with Gasteiger partial charge < -0.3 is 15.6 Å². The molecule has 0 heterocycles. The predicted octanol–water partition coefficient (Wildman–Crippen LogP) is 1.14. The maximum Gasteiger partial charge on any atom is 0.323 e. The van der Waals surface area contributed by atoms with Gasteiger partial charge in [-0.2, -0.15) is 0 Å². The van der Waals surface area contributed by atoms with Gasteiger partial charge in [0.1, 0.15) is 5.54 Å². The molecular weight excluding hydrogens is 182 g/mol. The van der Waals surface area contributed by atoms with Crippen molar-refractivity contribution in [3.05, 3.63) is 0 Å². The van der Waals surface area contributed by atoms with Crippen molar-refractivity contribution in [3.8, 4) is 0 Å². The van der Waals surface area contributed by atoms with Crippen LogP contribution in [0.1, 0.15) is 39.0 Å². The molecular formula is C10H19NO3. The van der Waals surface area contributed by atoms with Crippen molar-refractivity contribution in [1.82, 2.24) is 0 Å². The minimum absolute atomic E-state index is 0.0872. The van der Waals surface area contributed by atoms with E-state index in [-0.39, 0.29) is 5.60 Å². The Bertz CT molecular complexity index is 216. The SMILES string of the molecule is COC1(CC[C@@](C)(N)C(=O)O)CCC1. The van der Waals surface area contributed by atoms with Crippen LogP contribution in [0.3, 0.4) is 0 Å². The van der Waals surface area contributed by atoms with Gasteiger partial charge in [0, 0.05) is 7.11 Å². The monoisotopic (exact) mass is 201 g/mol. The van der Waals surface area contributed by atoms with E-state index in [2.05, 4.69) is 0 Å². The number of hydrogen-bond donors (Lipinski definition) is 2. The van der Waals surface area contributed by atoms with Crippen molar-refractivity contribution in [2.24, 2.45) is 5.73 Å². The fourth-order valence-corrected chi connectivity index (χ4v) is 1.72.